The number of hydrogen-bond acceptors (Lipinski definition) is 3. The van der Waals surface area contributed by atoms with Gasteiger partial charge in [0.25, 0.3) is 0 Å². The monoisotopic (exact) mass is 352 g/mol. The molecule has 1 aliphatic rings. The minimum Gasteiger partial charge on any atom is -0.373 e. The number of H-pyrrole nitrogens is 1. The van der Waals surface area contributed by atoms with E-state index in [1.807, 2.05) is 18.2 Å². The Hall–Kier alpha value is -3.35. The number of nitrogens with one attached hydrogen (secondary N) is 2. The fourth-order valence-corrected chi connectivity index (χ4v) is 3.50. The van der Waals surface area contributed by atoms with E-state index in [1.54, 1.807) is 12.3 Å². The number of aromatic amines is 1. The second-order valence-electron chi connectivity index (χ2n) is 6.07. The average Bonchev–Trinajstić information content (AvgIpc) is 3.02. The number of rotatable bonds is 1. The lowest BCUT2D eigenvalue weighted by Crippen LogP contribution is -2.16. The number of aromatic nitrogens is 3. The van der Waals surface area contributed by atoms with Crippen LogP contribution in [0.5, 0.6) is 0 Å². The Morgan fingerprint density at radius 2 is 1.73 bits per heavy atom. The molecule has 1 unspecified atom stereocenters. The predicted octanol–water partition coefficient (Wildman–Crippen LogP) is 4.56. The molecule has 5 rings (SSSR count). The molecule has 0 saturated heterocycles. The highest BCUT2D eigenvalue weighted by Crippen LogP contribution is 2.43. The summed E-state index contributed by atoms with van der Waals surface area (Å²) in [5.41, 5.74) is 2.80. The van der Waals surface area contributed by atoms with Crippen LogP contribution in [0.1, 0.15) is 17.2 Å². The standard InChI is InChI=1S/C19H11F3N4/c20-11-5-6-12(21)16(22)15(11)18-10-7-23-19-14(10)17(24-8-25-19)9-3-1-2-4-13(9)26-18/h1-8,18,26H,(H,23,24,25). The average molecular weight is 352 g/mol. The Balaban J connectivity index is 1.88. The largest absolute Gasteiger partial charge is 0.373 e. The van der Waals surface area contributed by atoms with Crippen molar-refractivity contribution in [1.29, 1.82) is 0 Å². The summed E-state index contributed by atoms with van der Waals surface area (Å²) in [6, 6.07) is 8.09. The van der Waals surface area contributed by atoms with E-state index in [1.165, 1.54) is 6.33 Å². The van der Waals surface area contributed by atoms with E-state index in [-0.39, 0.29) is 5.56 Å². The van der Waals surface area contributed by atoms with Gasteiger partial charge in [-0.2, -0.15) is 0 Å². The molecule has 2 aromatic carbocycles. The van der Waals surface area contributed by atoms with Crippen molar-refractivity contribution < 1.29 is 13.2 Å². The topological polar surface area (TPSA) is 53.6 Å². The SMILES string of the molecule is Fc1ccc(F)c(C2Nc3ccccc3-c3ncnc4[nH]cc2c34)c1F. The lowest BCUT2D eigenvalue weighted by atomic mass is 9.97. The third-order valence-electron chi connectivity index (χ3n) is 4.66. The Kier molecular flexibility index (Phi) is 3.06. The van der Waals surface area contributed by atoms with Crippen LogP contribution in [0.2, 0.25) is 0 Å². The van der Waals surface area contributed by atoms with Gasteiger partial charge < -0.3 is 10.3 Å². The van der Waals surface area contributed by atoms with Crippen molar-refractivity contribution in [3.63, 3.8) is 0 Å². The summed E-state index contributed by atoms with van der Waals surface area (Å²) < 4.78 is 42.8. The Morgan fingerprint density at radius 1 is 0.923 bits per heavy atom. The summed E-state index contributed by atoms with van der Waals surface area (Å²) in [5, 5.41) is 3.79. The molecular weight excluding hydrogens is 341 g/mol. The van der Waals surface area contributed by atoms with E-state index in [0.29, 0.717) is 28.0 Å². The molecule has 3 heterocycles. The van der Waals surface area contributed by atoms with Crippen molar-refractivity contribution in [3.8, 4) is 11.3 Å². The first-order chi connectivity index (χ1) is 12.6. The molecule has 1 aliphatic heterocycles. The lowest BCUT2D eigenvalue weighted by Gasteiger charge is -2.20. The third-order valence-corrected chi connectivity index (χ3v) is 4.66. The highest BCUT2D eigenvalue weighted by atomic mass is 19.2. The second-order valence-corrected chi connectivity index (χ2v) is 6.07. The Labute approximate surface area is 145 Å². The van der Waals surface area contributed by atoms with Crippen molar-refractivity contribution in [2.75, 3.05) is 5.32 Å². The lowest BCUT2D eigenvalue weighted by molar-refractivity contribution is 0.476. The van der Waals surface area contributed by atoms with Crippen molar-refractivity contribution in [1.82, 2.24) is 15.0 Å². The minimum absolute atomic E-state index is 0.377. The van der Waals surface area contributed by atoms with E-state index >= 15 is 0 Å². The van der Waals surface area contributed by atoms with Crippen LogP contribution in [-0.2, 0) is 0 Å². The van der Waals surface area contributed by atoms with Gasteiger partial charge in [0.2, 0.25) is 0 Å². The van der Waals surface area contributed by atoms with E-state index in [0.717, 1.165) is 17.7 Å². The number of hydrogen-bond donors (Lipinski definition) is 2. The normalized spacial score (nSPS) is 15.4. The van der Waals surface area contributed by atoms with E-state index in [9.17, 15) is 13.2 Å². The fraction of sp³-hybridized carbons (Fsp3) is 0.0526. The van der Waals surface area contributed by atoms with E-state index < -0.39 is 23.5 Å². The van der Waals surface area contributed by atoms with Gasteiger partial charge in [0.1, 0.15) is 17.8 Å². The summed E-state index contributed by atoms with van der Waals surface area (Å²) in [4.78, 5) is 11.6. The molecule has 1 atom stereocenters. The van der Waals surface area contributed by atoms with Crippen LogP contribution in [0.3, 0.4) is 0 Å². The maximum Gasteiger partial charge on any atom is 0.167 e. The van der Waals surface area contributed by atoms with E-state index in [4.69, 9.17) is 0 Å². The molecule has 26 heavy (non-hydrogen) atoms. The molecule has 2 N–H and O–H groups in total. The number of halogens is 3. The van der Waals surface area contributed by atoms with Gasteiger partial charge >= 0.3 is 0 Å². The summed E-state index contributed by atoms with van der Waals surface area (Å²) in [6.07, 6.45) is 3.05. The number of anilines is 1. The molecule has 0 aliphatic carbocycles. The number of benzene rings is 2. The first kappa shape index (κ1) is 14.9. The molecule has 0 fully saturated rings. The minimum atomic E-state index is -1.21. The van der Waals surface area contributed by atoms with Crippen molar-refractivity contribution in [2.24, 2.45) is 0 Å². The summed E-state index contributed by atoms with van der Waals surface area (Å²) in [5.74, 6) is -3.14. The van der Waals surface area contributed by atoms with Gasteiger partial charge in [-0.25, -0.2) is 23.1 Å². The van der Waals surface area contributed by atoms with Crippen LogP contribution < -0.4 is 5.32 Å². The van der Waals surface area contributed by atoms with Gasteiger partial charge in [0.15, 0.2) is 11.6 Å². The molecule has 4 nitrogen and oxygen atoms in total. The van der Waals surface area contributed by atoms with Gasteiger partial charge in [0.05, 0.1) is 22.7 Å². The maximum atomic E-state index is 14.5. The molecule has 0 spiro atoms. The molecule has 4 aromatic rings. The molecule has 0 bridgehead atoms. The number of fused-ring (bicyclic) bond motifs is 2. The van der Waals surface area contributed by atoms with Crippen molar-refractivity contribution in [2.45, 2.75) is 6.04 Å². The van der Waals surface area contributed by atoms with Gasteiger partial charge in [-0.3, -0.25) is 0 Å². The zero-order valence-corrected chi connectivity index (χ0v) is 13.2. The van der Waals surface area contributed by atoms with Crippen LogP contribution in [0.4, 0.5) is 18.9 Å². The third kappa shape index (κ3) is 1.97. The van der Waals surface area contributed by atoms with Crippen LogP contribution in [0, 0.1) is 17.5 Å². The quantitative estimate of drug-likeness (QED) is 0.494. The van der Waals surface area contributed by atoms with E-state index in [2.05, 4.69) is 20.3 Å². The molecule has 2 aromatic heterocycles. The molecule has 0 radical (unpaired) electrons. The van der Waals surface area contributed by atoms with Crippen LogP contribution in [0.25, 0.3) is 22.3 Å². The second kappa shape index (κ2) is 5.32. The first-order valence-corrected chi connectivity index (χ1v) is 7.96. The predicted molar refractivity (Wildman–Crippen MR) is 91.1 cm³/mol. The van der Waals surface area contributed by atoms with Crippen molar-refractivity contribution >= 4 is 16.7 Å². The van der Waals surface area contributed by atoms with Crippen LogP contribution in [0.15, 0.2) is 48.9 Å². The molecule has 0 saturated carbocycles. The van der Waals surface area contributed by atoms with Gasteiger partial charge in [-0.15, -0.1) is 0 Å². The van der Waals surface area contributed by atoms with Gasteiger partial charge in [-0.1, -0.05) is 18.2 Å². The molecule has 0 amide bonds. The first-order valence-electron chi connectivity index (χ1n) is 7.96. The summed E-state index contributed by atoms with van der Waals surface area (Å²) in [6.45, 7) is 0. The van der Waals surface area contributed by atoms with Crippen LogP contribution >= 0.6 is 0 Å². The summed E-state index contributed by atoms with van der Waals surface area (Å²) in [7, 11) is 0. The van der Waals surface area contributed by atoms with Gasteiger partial charge in [0, 0.05) is 23.0 Å². The summed E-state index contributed by atoms with van der Waals surface area (Å²) >= 11 is 0. The Morgan fingerprint density at radius 3 is 2.62 bits per heavy atom. The zero-order valence-electron chi connectivity index (χ0n) is 13.2. The highest BCUT2D eigenvalue weighted by Gasteiger charge is 2.31. The molecule has 7 heteroatoms. The maximum absolute atomic E-state index is 14.5. The number of para-hydroxylation sites is 1. The smallest absolute Gasteiger partial charge is 0.167 e. The molecular formula is C19H11F3N4. The number of nitrogens with zero attached hydrogens (tertiary/aromatic N) is 2. The highest BCUT2D eigenvalue weighted by molar-refractivity contribution is 5.99. The molecule has 128 valence electrons. The van der Waals surface area contributed by atoms with Crippen molar-refractivity contribution in [3.05, 3.63) is 77.5 Å². The van der Waals surface area contributed by atoms with Crippen LogP contribution in [-0.4, -0.2) is 15.0 Å². The Bertz CT molecular complexity index is 1170. The fourth-order valence-electron chi connectivity index (χ4n) is 3.50. The van der Waals surface area contributed by atoms with Gasteiger partial charge in [-0.05, 0) is 18.2 Å². The zero-order chi connectivity index (χ0) is 17.8.